The molecule has 1 aromatic carbocycles. The molecule has 0 unspecified atom stereocenters. The lowest BCUT2D eigenvalue weighted by atomic mass is 10.1. The van der Waals surface area contributed by atoms with Crippen LogP contribution in [0.4, 0.5) is 5.69 Å². The van der Waals surface area contributed by atoms with Gasteiger partial charge in [-0.15, -0.1) is 0 Å². The second-order valence-electron chi connectivity index (χ2n) is 6.03. The van der Waals surface area contributed by atoms with Crippen molar-refractivity contribution in [2.75, 3.05) is 19.5 Å². The molecule has 0 atom stereocenters. The molecule has 1 aromatic heterocycles. The first kappa shape index (κ1) is 18.6. The minimum absolute atomic E-state index is 0.378. The van der Waals surface area contributed by atoms with Gasteiger partial charge in [0.15, 0.2) is 12.2 Å². The number of rotatable bonds is 8. The highest BCUT2D eigenvalue weighted by Gasteiger charge is 2.11. The van der Waals surface area contributed by atoms with Crippen LogP contribution >= 0.6 is 0 Å². The first-order valence-corrected chi connectivity index (χ1v) is 8.16. The molecule has 1 heterocycles. The summed E-state index contributed by atoms with van der Waals surface area (Å²) in [6, 6.07) is 5.65. The number of ether oxygens (including phenoxy) is 2. The lowest BCUT2D eigenvalue weighted by molar-refractivity contribution is -0.134. The third-order valence-corrected chi connectivity index (χ3v) is 3.69. The zero-order valence-corrected chi connectivity index (χ0v) is 15.0. The van der Waals surface area contributed by atoms with Crippen LogP contribution < -0.4 is 10.1 Å². The summed E-state index contributed by atoms with van der Waals surface area (Å²) in [5.41, 5.74) is 2.43. The fourth-order valence-electron chi connectivity index (χ4n) is 2.32. The van der Waals surface area contributed by atoms with Gasteiger partial charge in [0.2, 0.25) is 0 Å². The van der Waals surface area contributed by atoms with Gasteiger partial charge in [0.05, 0.1) is 26.0 Å². The summed E-state index contributed by atoms with van der Waals surface area (Å²) in [5.74, 6) is 1.44. The fourth-order valence-corrected chi connectivity index (χ4v) is 2.32. The molecule has 134 valence electrons. The van der Waals surface area contributed by atoms with Gasteiger partial charge in [0, 0.05) is 23.5 Å². The van der Waals surface area contributed by atoms with E-state index in [2.05, 4.69) is 24.1 Å². The minimum Gasteiger partial charge on any atom is -0.496 e. The van der Waals surface area contributed by atoms with E-state index in [-0.39, 0.29) is 5.97 Å². The highest BCUT2D eigenvalue weighted by molar-refractivity contribution is 5.83. The number of esters is 1. The van der Waals surface area contributed by atoms with Gasteiger partial charge in [0.25, 0.3) is 0 Å². The first-order valence-electron chi connectivity index (χ1n) is 8.16. The monoisotopic (exact) mass is 344 g/mol. The molecule has 0 bridgehead atoms. The van der Waals surface area contributed by atoms with Crippen LogP contribution in [-0.4, -0.2) is 25.2 Å². The molecule has 0 radical (unpaired) electrons. The number of aromatic nitrogens is 1. The summed E-state index contributed by atoms with van der Waals surface area (Å²) in [7, 11) is 2.97. The van der Waals surface area contributed by atoms with Crippen LogP contribution in [0.2, 0.25) is 0 Å². The Kier molecular flexibility index (Phi) is 6.62. The average Bonchev–Trinajstić information content (AvgIpc) is 3.13. The van der Waals surface area contributed by atoms with Crippen LogP contribution in [0.15, 0.2) is 47.0 Å². The first-order chi connectivity index (χ1) is 12.0. The highest BCUT2D eigenvalue weighted by Crippen LogP contribution is 2.32. The summed E-state index contributed by atoms with van der Waals surface area (Å²) in [5, 5.41) is 3.28. The Morgan fingerprint density at radius 1 is 1.36 bits per heavy atom. The molecule has 6 nitrogen and oxygen atoms in total. The normalized spacial score (nSPS) is 11.5. The number of hydrogen-bond acceptors (Lipinski definition) is 6. The van der Waals surface area contributed by atoms with E-state index in [0.29, 0.717) is 17.4 Å². The van der Waals surface area contributed by atoms with Crippen LogP contribution in [-0.2, 0) is 9.53 Å². The van der Waals surface area contributed by atoms with Gasteiger partial charge in [-0.1, -0.05) is 13.8 Å². The number of anilines is 1. The van der Waals surface area contributed by atoms with Crippen LogP contribution in [0.1, 0.15) is 26.7 Å². The molecular weight excluding hydrogens is 320 g/mol. The summed E-state index contributed by atoms with van der Waals surface area (Å²) in [6.07, 6.45) is 6.21. The maximum absolute atomic E-state index is 11.6. The molecule has 0 saturated heterocycles. The van der Waals surface area contributed by atoms with Crippen LogP contribution in [0.25, 0.3) is 11.3 Å². The number of benzene rings is 1. The highest BCUT2D eigenvalue weighted by atomic mass is 16.5. The van der Waals surface area contributed by atoms with Gasteiger partial charge < -0.3 is 19.2 Å². The summed E-state index contributed by atoms with van der Waals surface area (Å²) >= 11 is 0. The number of nitrogens with zero attached hydrogens (tertiary/aromatic N) is 1. The predicted molar refractivity (Wildman–Crippen MR) is 96.3 cm³/mol. The van der Waals surface area contributed by atoms with E-state index < -0.39 is 0 Å². The van der Waals surface area contributed by atoms with Crippen molar-refractivity contribution >= 4 is 11.7 Å². The molecular formula is C19H24N2O4. The topological polar surface area (TPSA) is 73.6 Å². The maximum atomic E-state index is 11.6. The third kappa shape index (κ3) is 5.38. The van der Waals surface area contributed by atoms with E-state index in [4.69, 9.17) is 13.9 Å². The van der Waals surface area contributed by atoms with Crippen molar-refractivity contribution in [3.05, 3.63) is 42.6 Å². The van der Waals surface area contributed by atoms with E-state index in [1.54, 1.807) is 13.3 Å². The third-order valence-electron chi connectivity index (χ3n) is 3.69. The fraction of sp³-hybridized carbons (Fsp3) is 0.368. The molecule has 0 aliphatic carbocycles. The van der Waals surface area contributed by atoms with E-state index in [0.717, 1.165) is 29.8 Å². The van der Waals surface area contributed by atoms with Crippen molar-refractivity contribution in [2.24, 2.45) is 5.92 Å². The molecule has 0 fully saturated rings. The molecule has 0 spiro atoms. The molecule has 0 amide bonds. The standard InChI is InChI=1S/C19H24N2O4/c1-13(2)5-6-15(10-19(22)24-4)21-14-7-8-16(17(9-14)23-3)18-11-20-12-25-18/h7-13,21H,5-6H2,1-4H3. The summed E-state index contributed by atoms with van der Waals surface area (Å²) < 4.78 is 15.5. The Bertz CT molecular complexity index is 721. The van der Waals surface area contributed by atoms with Gasteiger partial charge in [-0.2, -0.15) is 0 Å². The Hall–Kier alpha value is -2.76. The van der Waals surface area contributed by atoms with Crippen LogP contribution in [0.5, 0.6) is 5.75 Å². The van der Waals surface area contributed by atoms with Gasteiger partial charge >= 0.3 is 5.97 Å². The second kappa shape index (κ2) is 8.92. The van der Waals surface area contributed by atoms with E-state index in [1.165, 1.54) is 19.6 Å². The molecule has 2 rings (SSSR count). The van der Waals surface area contributed by atoms with Gasteiger partial charge in [-0.05, 0) is 30.9 Å². The van der Waals surface area contributed by atoms with E-state index >= 15 is 0 Å². The number of methoxy groups -OCH3 is 2. The second-order valence-corrected chi connectivity index (χ2v) is 6.03. The number of carbonyl (C=O) groups excluding carboxylic acids is 1. The van der Waals surface area contributed by atoms with E-state index in [9.17, 15) is 4.79 Å². The smallest absolute Gasteiger partial charge is 0.332 e. The van der Waals surface area contributed by atoms with Crippen LogP contribution in [0, 0.1) is 5.92 Å². The molecule has 0 aliphatic rings. The maximum Gasteiger partial charge on any atom is 0.332 e. The minimum atomic E-state index is -0.378. The molecule has 25 heavy (non-hydrogen) atoms. The van der Waals surface area contributed by atoms with E-state index in [1.807, 2.05) is 18.2 Å². The summed E-state index contributed by atoms with van der Waals surface area (Å²) in [6.45, 7) is 4.29. The number of oxazole rings is 1. The predicted octanol–water partition coefficient (Wildman–Crippen LogP) is 4.26. The van der Waals surface area contributed by atoms with Crippen molar-refractivity contribution in [1.82, 2.24) is 4.98 Å². The van der Waals surface area contributed by atoms with Crippen molar-refractivity contribution in [2.45, 2.75) is 26.7 Å². The molecule has 1 N–H and O–H groups in total. The number of hydrogen-bond donors (Lipinski definition) is 1. The number of carbonyl (C=O) groups is 1. The van der Waals surface area contributed by atoms with Gasteiger partial charge in [0.1, 0.15) is 5.75 Å². The number of allylic oxidation sites excluding steroid dienone is 1. The quantitative estimate of drug-likeness (QED) is 0.570. The number of nitrogens with one attached hydrogen (secondary N) is 1. The van der Waals surface area contributed by atoms with Crippen LogP contribution in [0.3, 0.4) is 0 Å². The van der Waals surface area contributed by atoms with Crippen molar-refractivity contribution in [3.8, 4) is 17.1 Å². The molecule has 6 heteroatoms. The molecule has 0 aliphatic heterocycles. The lowest BCUT2D eigenvalue weighted by Crippen LogP contribution is -2.06. The SMILES string of the molecule is COC(=O)C=C(CCC(C)C)Nc1ccc(-c2cnco2)c(OC)c1. The zero-order valence-electron chi connectivity index (χ0n) is 15.0. The Balaban J connectivity index is 2.23. The largest absolute Gasteiger partial charge is 0.496 e. The lowest BCUT2D eigenvalue weighted by Gasteiger charge is -2.14. The molecule has 2 aromatic rings. The van der Waals surface area contributed by atoms with Crippen molar-refractivity contribution < 1.29 is 18.7 Å². The Morgan fingerprint density at radius 2 is 2.16 bits per heavy atom. The van der Waals surface area contributed by atoms with Crippen molar-refractivity contribution in [3.63, 3.8) is 0 Å². The van der Waals surface area contributed by atoms with Gasteiger partial charge in [-0.25, -0.2) is 9.78 Å². The van der Waals surface area contributed by atoms with Crippen molar-refractivity contribution in [1.29, 1.82) is 0 Å². The zero-order chi connectivity index (χ0) is 18.2. The Morgan fingerprint density at radius 3 is 2.76 bits per heavy atom. The average molecular weight is 344 g/mol. The molecule has 0 saturated carbocycles. The Labute approximate surface area is 147 Å². The van der Waals surface area contributed by atoms with Gasteiger partial charge in [-0.3, -0.25) is 0 Å². The summed E-state index contributed by atoms with van der Waals surface area (Å²) in [4.78, 5) is 15.5.